The number of fused-ring (bicyclic) bond motifs is 1. The van der Waals surface area contributed by atoms with Crippen LogP contribution < -0.4 is 0 Å². The summed E-state index contributed by atoms with van der Waals surface area (Å²) in [6.07, 6.45) is 1.95. The molecule has 0 spiro atoms. The zero-order valence-electron chi connectivity index (χ0n) is 12.1. The van der Waals surface area contributed by atoms with Gasteiger partial charge >= 0.3 is 0 Å². The lowest BCUT2D eigenvalue weighted by atomic mass is 10.2. The molecule has 4 heteroatoms. The molecule has 0 saturated heterocycles. The van der Waals surface area contributed by atoms with Gasteiger partial charge in [0.2, 0.25) is 0 Å². The van der Waals surface area contributed by atoms with Crippen molar-refractivity contribution in [3.05, 3.63) is 60.0 Å². The lowest BCUT2D eigenvalue weighted by molar-refractivity contribution is 0.399. The fourth-order valence-corrected chi connectivity index (χ4v) is 3.40. The molecule has 0 aliphatic carbocycles. The van der Waals surface area contributed by atoms with E-state index in [1.165, 1.54) is 22.6 Å². The zero-order chi connectivity index (χ0) is 14.8. The molecule has 0 aliphatic heterocycles. The second kappa shape index (κ2) is 5.92. The van der Waals surface area contributed by atoms with Gasteiger partial charge < -0.3 is 9.88 Å². The number of nitrogens with zero attached hydrogens (tertiary/aromatic N) is 1. The van der Waals surface area contributed by atoms with Crippen molar-refractivity contribution in [3.8, 4) is 0 Å². The third-order valence-electron chi connectivity index (χ3n) is 3.28. The zero-order valence-corrected chi connectivity index (χ0v) is 12.9. The molecule has 0 amide bonds. The molecule has 2 nitrogen and oxygen atoms in total. The maximum atomic E-state index is 13.2. The summed E-state index contributed by atoms with van der Waals surface area (Å²) in [6.45, 7) is 0.903. The van der Waals surface area contributed by atoms with Crippen LogP contribution in [0.4, 0.5) is 4.39 Å². The van der Waals surface area contributed by atoms with Crippen LogP contribution in [0.15, 0.2) is 58.5 Å². The molecular formula is C17H17FN2S. The van der Waals surface area contributed by atoms with E-state index in [1.807, 2.05) is 12.3 Å². The Morgan fingerprint density at radius 2 is 1.90 bits per heavy atom. The van der Waals surface area contributed by atoms with Crippen LogP contribution in [-0.2, 0) is 6.54 Å². The molecule has 0 atom stereocenters. The molecule has 1 aromatic heterocycles. The van der Waals surface area contributed by atoms with Crippen molar-refractivity contribution in [1.29, 1.82) is 0 Å². The van der Waals surface area contributed by atoms with E-state index in [-0.39, 0.29) is 5.82 Å². The van der Waals surface area contributed by atoms with Gasteiger partial charge in [0.05, 0.1) is 0 Å². The van der Waals surface area contributed by atoms with E-state index in [1.54, 1.807) is 11.8 Å². The fraction of sp³-hybridized carbons (Fsp3) is 0.176. The summed E-state index contributed by atoms with van der Waals surface area (Å²) in [7, 11) is 4.13. The molecule has 2 aromatic carbocycles. The molecule has 3 rings (SSSR count). The lowest BCUT2D eigenvalue weighted by Crippen LogP contribution is -2.11. The molecule has 3 aromatic rings. The van der Waals surface area contributed by atoms with Gasteiger partial charge in [0.15, 0.2) is 0 Å². The van der Waals surface area contributed by atoms with E-state index in [0.29, 0.717) is 0 Å². The number of aromatic nitrogens is 1. The predicted molar refractivity (Wildman–Crippen MR) is 86.2 cm³/mol. The third-order valence-corrected chi connectivity index (χ3v) is 4.46. The Balaban J connectivity index is 1.95. The lowest BCUT2D eigenvalue weighted by Gasteiger charge is -2.13. The van der Waals surface area contributed by atoms with Crippen LogP contribution in [0.3, 0.4) is 0 Å². The van der Waals surface area contributed by atoms with Gasteiger partial charge in [-0.25, -0.2) is 4.39 Å². The van der Waals surface area contributed by atoms with E-state index in [9.17, 15) is 4.39 Å². The normalized spacial score (nSPS) is 11.4. The quantitative estimate of drug-likeness (QED) is 0.764. The Morgan fingerprint density at radius 3 is 2.71 bits per heavy atom. The largest absolute Gasteiger partial charge is 0.360 e. The van der Waals surface area contributed by atoms with E-state index in [2.05, 4.69) is 48.2 Å². The average molecular weight is 300 g/mol. The van der Waals surface area contributed by atoms with Crippen LogP contribution in [0, 0.1) is 5.82 Å². The van der Waals surface area contributed by atoms with E-state index in [0.717, 1.165) is 22.3 Å². The minimum absolute atomic E-state index is 0.214. The van der Waals surface area contributed by atoms with Crippen LogP contribution >= 0.6 is 11.8 Å². The Hall–Kier alpha value is -1.78. The first-order valence-electron chi connectivity index (χ1n) is 6.80. The van der Waals surface area contributed by atoms with E-state index >= 15 is 0 Å². The number of hydrogen-bond acceptors (Lipinski definition) is 2. The molecule has 1 N–H and O–H groups in total. The number of rotatable bonds is 4. The number of benzene rings is 2. The SMILES string of the molecule is CN(C)Cc1ccccc1Sc1c[nH]c2cc(F)ccc12. The second-order valence-electron chi connectivity index (χ2n) is 5.29. The summed E-state index contributed by atoms with van der Waals surface area (Å²) in [5.41, 5.74) is 2.13. The van der Waals surface area contributed by atoms with Crippen molar-refractivity contribution < 1.29 is 4.39 Å². The van der Waals surface area contributed by atoms with Crippen LogP contribution in [-0.4, -0.2) is 24.0 Å². The Labute approximate surface area is 128 Å². The summed E-state index contributed by atoms with van der Waals surface area (Å²) in [6, 6.07) is 13.3. The molecule has 0 saturated carbocycles. The highest BCUT2D eigenvalue weighted by Gasteiger charge is 2.09. The first kappa shape index (κ1) is 14.2. The van der Waals surface area contributed by atoms with Gasteiger partial charge in [0.25, 0.3) is 0 Å². The smallest absolute Gasteiger partial charge is 0.125 e. The first-order valence-corrected chi connectivity index (χ1v) is 7.62. The predicted octanol–water partition coefficient (Wildman–Crippen LogP) is 4.52. The summed E-state index contributed by atoms with van der Waals surface area (Å²) in [5.74, 6) is -0.214. The summed E-state index contributed by atoms with van der Waals surface area (Å²) < 4.78 is 13.2. The Kier molecular flexibility index (Phi) is 3.99. The maximum absolute atomic E-state index is 13.2. The van der Waals surface area contributed by atoms with Crippen LogP contribution in [0.25, 0.3) is 10.9 Å². The van der Waals surface area contributed by atoms with Gasteiger partial charge in [-0.1, -0.05) is 30.0 Å². The molecule has 0 radical (unpaired) electrons. The van der Waals surface area contributed by atoms with E-state index in [4.69, 9.17) is 0 Å². The van der Waals surface area contributed by atoms with Gasteiger partial charge in [-0.05, 0) is 43.9 Å². The van der Waals surface area contributed by atoms with Crippen molar-refractivity contribution in [2.75, 3.05) is 14.1 Å². The molecule has 108 valence electrons. The Bertz CT molecular complexity index is 764. The standard InChI is InChI=1S/C17H17FN2S/c1-20(2)11-12-5-3-4-6-16(12)21-17-10-19-15-9-13(18)7-8-14(15)17/h3-10,19H,11H2,1-2H3. The number of aromatic amines is 1. The second-order valence-corrected chi connectivity index (χ2v) is 6.37. The summed E-state index contributed by atoms with van der Waals surface area (Å²) in [5, 5.41) is 1.06. The van der Waals surface area contributed by atoms with Gasteiger partial charge in [-0.3, -0.25) is 0 Å². The van der Waals surface area contributed by atoms with Crippen molar-refractivity contribution in [2.45, 2.75) is 16.3 Å². The van der Waals surface area contributed by atoms with Crippen molar-refractivity contribution >= 4 is 22.7 Å². The number of H-pyrrole nitrogens is 1. The van der Waals surface area contributed by atoms with E-state index < -0.39 is 0 Å². The number of halogens is 1. The molecule has 0 bridgehead atoms. The minimum atomic E-state index is -0.214. The van der Waals surface area contributed by atoms with Crippen molar-refractivity contribution in [3.63, 3.8) is 0 Å². The van der Waals surface area contributed by atoms with Crippen LogP contribution in [0.5, 0.6) is 0 Å². The molecule has 0 unspecified atom stereocenters. The first-order chi connectivity index (χ1) is 10.1. The van der Waals surface area contributed by atoms with Gasteiger partial charge in [-0.15, -0.1) is 0 Å². The maximum Gasteiger partial charge on any atom is 0.125 e. The highest BCUT2D eigenvalue weighted by molar-refractivity contribution is 7.99. The highest BCUT2D eigenvalue weighted by Crippen LogP contribution is 2.35. The molecule has 21 heavy (non-hydrogen) atoms. The fourth-order valence-electron chi connectivity index (χ4n) is 2.35. The van der Waals surface area contributed by atoms with Crippen LogP contribution in [0.2, 0.25) is 0 Å². The number of hydrogen-bond donors (Lipinski definition) is 1. The minimum Gasteiger partial charge on any atom is -0.360 e. The van der Waals surface area contributed by atoms with Crippen molar-refractivity contribution in [1.82, 2.24) is 9.88 Å². The molecule has 0 aliphatic rings. The third kappa shape index (κ3) is 3.12. The highest BCUT2D eigenvalue weighted by atomic mass is 32.2. The monoisotopic (exact) mass is 300 g/mol. The van der Waals surface area contributed by atoms with Gasteiger partial charge in [-0.2, -0.15) is 0 Å². The van der Waals surface area contributed by atoms with Gasteiger partial charge in [0.1, 0.15) is 5.82 Å². The topological polar surface area (TPSA) is 19.0 Å². The summed E-state index contributed by atoms with van der Waals surface area (Å²) in [4.78, 5) is 7.65. The van der Waals surface area contributed by atoms with Crippen LogP contribution in [0.1, 0.15) is 5.56 Å². The Morgan fingerprint density at radius 1 is 1.10 bits per heavy atom. The molecule has 1 heterocycles. The van der Waals surface area contributed by atoms with Gasteiger partial charge in [0, 0.05) is 33.4 Å². The number of nitrogens with one attached hydrogen (secondary N) is 1. The molecule has 0 fully saturated rings. The summed E-state index contributed by atoms with van der Waals surface area (Å²) >= 11 is 1.72. The van der Waals surface area contributed by atoms with Crippen molar-refractivity contribution in [2.24, 2.45) is 0 Å². The average Bonchev–Trinajstić information content (AvgIpc) is 2.83. The molecular weight excluding hydrogens is 283 g/mol.